The molecule has 4 rings (SSSR count). The standard InChI is InChI=1S/C24H32N4O4/c25-21(29)17-6-4-12-27(15-17)13-5-11-26-22(30)16-9-10-19-20(14-16)24(32)28(23(19)31)18-7-2-1-3-8-18/h9-10,14,17-18H,1-8,11-13,15H2,(H2,25,29)(H,26,30). The van der Waals surface area contributed by atoms with Gasteiger partial charge >= 0.3 is 0 Å². The van der Waals surface area contributed by atoms with Crippen LogP contribution in [0.5, 0.6) is 0 Å². The van der Waals surface area contributed by atoms with E-state index in [2.05, 4.69) is 10.2 Å². The lowest BCUT2D eigenvalue weighted by Crippen LogP contribution is -2.42. The number of nitrogens with two attached hydrogens (primary N) is 1. The van der Waals surface area contributed by atoms with Crippen LogP contribution in [0.4, 0.5) is 0 Å². The topological polar surface area (TPSA) is 113 Å². The maximum Gasteiger partial charge on any atom is 0.261 e. The Hall–Kier alpha value is -2.74. The van der Waals surface area contributed by atoms with Crippen molar-refractivity contribution in [3.05, 3.63) is 34.9 Å². The van der Waals surface area contributed by atoms with Crippen molar-refractivity contribution in [2.75, 3.05) is 26.2 Å². The zero-order valence-corrected chi connectivity index (χ0v) is 18.5. The lowest BCUT2D eigenvalue weighted by atomic mass is 9.94. The molecule has 1 aromatic rings. The van der Waals surface area contributed by atoms with E-state index in [1.807, 2.05) is 0 Å². The molecule has 0 spiro atoms. The summed E-state index contributed by atoms with van der Waals surface area (Å²) < 4.78 is 0. The lowest BCUT2D eigenvalue weighted by molar-refractivity contribution is -0.123. The first-order valence-corrected chi connectivity index (χ1v) is 11.8. The van der Waals surface area contributed by atoms with Gasteiger partial charge in [0.05, 0.1) is 17.0 Å². The van der Waals surface area contributed by atoms with Gasteiger partial charge in [-0.25, -0.2) is 0 Å². The molecule has 1 saturated carbocycles. The zero-order valence-electron chi connectivity index (χ0n) is 18.5. The summed E-state index contributed by atoms with van der Waals surface area (Å²) in [6, 6.07) is 4.74. The number of nitrogens with zero attached hydrogens (tertiary/aromatic N) is 2. The molecule has 8 heteroatoms. The van der Waals surface area contributed by atoms with E-state index >= 15 is 0 Å². The molecule has 1 unspecified atom stereocenters. The molecular formula is C24H32N4O4. The van der Waals surface area contributed by atoms with E-state index < -0.39 is 0 Å². The molecule has 0 bridgehead atoms. The van der Waals surface area contributed by atoms with E-state index in [0.717, 1.165) is 64.5 Å². The zero-order chi connectivity index (χ0) is 22.7. The van der Waals surface area contributed by atoms with Crippen LogP contribution >= 0.6 is 0 Å². The Morgan fingerprint density at radius 1 is 1.00 bits per heavy atom. The summed E-state index contributed by atoms with van der Waals surface area (Å²) in [4.78, 5) is 53.3. The number of carbonyl (C=O) groups is 4. The van der Waals surface area contributed by atoms with Crippen LogP contribution in [0.2, 0.25) is 0 Å². The average Bonchev–Trinajstić information content (AvgIpc) is 3.06. The van der Waals surface area contributed by atoms with Gasteiger partial charge in [-0.2, -0.15) is 0 Å². The Morgan fingerprint density at radius 3 is 2.50 bits per heavy atom. The number of rotatable bonds is 7. The number of imide groups is 1. The van der Waals surface area contributed by atoms with Crippen LogP contribution in [0, 0.1) is 5.92 Å². The van der Waals surface area contributed by atoms with Gasteiger partial charge in [-0.1, -0.05) is 19.3 Å². The molecule has 3 aliphatic rings. The quantitative estimate of drug-likeness (QED) is 0.497. The fourth-order valence-electron chi connectivity index (χ4n) is 5.17. The van der Waals surface area contributed by atoms with Crippen LogP contribution in [-0.4, -0.2) is 65.6 Å². The second-order valence-corrected chi connectivity index (χ2v) is 9.18. The number of hydrogen-bond acceptors (Lipinski definition) is 5. The minimum Gasteiger partial charge on any atom is -0.369 e. The second kappa shape index (κ2) is 9.81. The highest BCUT2D eigenvalue weighted by Crippen LogP contribution is 2.31. The normalized spacial score (nSPS) is 22.1. The second-order valence-electron chi connectivity index (χ2n) is 9.18. The number of piperidine rings is 1. The summed E-state index contributed by atoms with van der Waals surface area (Å²) >= 11 is 0. The lowest BCUT2D eigenvalue weighted by Gasteiger charge is -2.31. The number of likely N-dealkylation sites (tertiary alicyclic amines) is 1. The number of amides is 4. The van der Waals surface area contributed by atoms with Crippen LogP contribution in [0.1, 0.15) is 82.4 Å². The van der Waals surface area contributed by atoms with Gasteiger partial charge in [-0.05, 0) is 63.4 Å². The molecule has 4 amide bonds. The van der Waals surface area contributed by atoms with Gasteiger partial charge in [0.2, 0.25) is 5.91 Å². The Labute approximate surface area is 188 Å². The van der Waals surface area contributed by atoms with Crippen LogP contribution in [0.25, 0.3) is 0 Å². The SMILES string of the molecule is NC(=O)C1CCCN(CCCNC(=O)c2ccc3c(c2)C(=O)N(C2CCCCC2)C3=O)C1. The first-order chi connectivity index (χ1) is 15.5. The van der Waals surface area contributed by atoms with Gasteiger partial charge in [0.1, 0.15) is 0 Å². The minimum atomic E-state index is -0.277. The monoisotopic (exact) mass is 440 g/mol. The van der Waals surface area contributed by atoms with Crippen LogP contribution < -0.4 is 11.1 Å². The molecule has 0 radical (unpaired) electrons. The number of hydrogen-bond donors (Lipinski definition) is 2. The predicted molar refractivity (Wildman–Crippen MR) is 119 cm³/mol. The van der Waals surface area contributed by atoms with Crippen LogP contribution in [-0.2, 0) is 4.79 Å². The van der Waals surface area contributed by atoms with Gasteiger partial charge < -0.3 is 16.0 Å². The fraction of sp³-hybridized carbons (Fsp3) is 0.583. The molecule has 172 valence electrons. The molecule has 2 heterocycles. The summed E-state index contributed by atoms with van der Waals surface area (Å²) in [5.41, 5.74) is 6.54. The third kappa shape index (κ3) is 4.70. The number of fused-ring (bicyclic) bond motifs is 1. The average molecular weight is 441 g/mol. The maximum absolute atomic E-state index is 12.9. The number of benzene rings is 1. The molecule has 32 heavy (non-hydrogen) atoms. The number of primary amides is 1. The van der Waals surface area contributed by atoms with E-state index in [-0.39, 0.29) is 35.6 Å². The van der Waals surface area contributed by atoms with E-state index in [0.29, 0.717) is 29.8 Å². The van der Waals surface area contributed by atoms with Crippen molar-refractivity contribution >= 4 is 23.6 Å². The van der Waals surface area contributed by atoms with E-state index in [1.54, 1.807) is 18.2 Å². The van der Waals surface area contributed by atoms with Crippen molar-refractivity contribution in [3.8, 4) is 0 Å². The van der Waals surface area contributed by atoms with Crippen LogP contribution in [0.3, 0.4) is 0 Å². The molecular weight excluding hydrogens is 408 g/mol. The van der Waals surface area contributed by atoms with Crippen molar-refractivity contribution < 1.29 is 19.2 Å². The van der Waals surface area contributed by atoms with Crippen molar-refractivity contribution in [2.45, 2.75) is 57.4 Å². The van der Waals surface area contributed by atoms with Crippen molar-refractivity contribution in [3.63, 3.8) is 0 Å². The van der Waals surface area contributed by atoms with Gasteiger partial charge in [0, 0.05) is 24.7 Å². The third-order valence-corrected chi connectivity index (χ3v) is 6.96. The fourth-order valence-corrected chi connectivity index (χ4v) is 5.17. The van der Waals surface area contributed by atoms with E-state index in [4.69, 9.17) is 5.73 Å². The minimum absolute atomic E-state index is 0.0302. The first kappa shape index (κ1) is 22.5. The van der Waals surface area contributed by atoms with E-state index in [9.17, 15) is 19.2 Å². The van der Waals surface area contributed by atoms with Gasteiger partial charge in [-0.3, -0.25) is 24.1 Å². The van der Waals surface area contributed by atoms with Crippen molar-refractivity contribution in [1.82, 2.24) is 15.1 Å². The van der Waals surface area contributed by atoms with Crippen LogP contribution in [0.15, 0.2) is 18.2 Å². The maximum atomic E-state index is 12.9. The van der Waals surface area contributed by atoms with Gasteiger partial charge in [0.15, 0.2) is 0 Å². The smallest absolute Gasteiger partial charge is 0.261 e. The first-order valence-electron chi connectivity index (χ1n) is 11.8. The molecule has 8 nitrogen and oxygen atoms in total. The predicted octanol–water partition coefficient (Wildman–Crippen LogP) is 1.93. The third-order valence-electron chi connectivity index (χ3n) is 6.96. The number of carbonyl (C=O) groups excluding carboxylic acids is 4. The molecule has 1 aliphatic carbocycles. The van der Waals surface area contributed by atoms with Gasteiger partial charge in [-0.15, -0.1) is 0 Å². The summed E-state index contributed by atoms with van der Waals surface area (Å²) in [5, 5.41) is 2.90. The highest BCUT2D eigenvalue weighted by Gasteiger charge is 2.40. The Kier molecular flexibility index (Phi) is 6.89. The summed E-state index contributed by atoms with van der Waals surface area (Å²) in [5.74, 6) is -1.09. The number of nitrogens with one attached hydrogen (secondary N) is 1. The highest BCUT2D eigenvalue weighted by atomic mass is 16.2. The Balaban J connectivity index is 1.30. The largest absolute Gasteiger partial charge is 0.369 e. The molecule has 1 aromatic carbocycles. The Morgan fingerprint density at radius 2 is 1.75 bits per heavy atom. The molecule has 1 atom stereocenters. The van der Waals surface area contributed by atoms with E-state index in [1.165, 1.54) is 4.90 Å². The summed E-state index contributed by atoms with van der Waals surface area (Å²) in [7, 11) is 0. The van der Waals surface area contributed by atoms with Crippen molar-refractivity contribution in [2.24, 2.45) is 11.7 Å². The molecule has 0 aromatic heterocycles. The summed E-state index contributed by atoms with van der Waals surface area (Å²) in [6.07, 6.45) is 7.49. The molecule has 2 fully saturated rings. The Bertz CT molecular complexity index is 909. The van der Waals surface area contributed by atoms with Gasteiger partial charge in [0.25, 0.3) is 17.7 Å². The molecule has 2 aliphatic heterocycles. The summed E-state index contributed by atoms with van der Waals surface area (Å²) in [6.45, 7) is 2.91. The van der Waals surface area contributed by atoms with Crippen molar-refractivity contribution in [1.29, 1.82) is 0 Å². The highest BCUT2D eigenvalue weighted by molar-refractivity contribution is 6.22. The molecule has 1 saturated heterocycles. The molecule has 3 N–H and O–H groups in total.